The molecule has 2 heterocycles. The van der Waals surface area contributed by atoms with E-state index in [1.54, 1.807) is 11.8 Å². The smallest absolute Gasteiger partial charge is 0.232 e. The number of carbonyl (C=O) groups is 1. The second-order valence-corrected chi connectivity index (χ2v) is 4.73. The number of nitrogens with zero attached hydrogens (tertiary/aromatic N) is 1. The van der Waals surface area contributed by atoms with Crippen molar-refractivity contribution in [2.45, 2.75) is 18.9 Å². The third kappa shape index (κ3) is 2.17. The maximum atomic E-state index is 11.6. The lowest BCUT2D eigenvalue weighted by atomic mass is 10.0. The third-order valence-electron chi connectivity index (χ3n) is 2.77. The molecular weight excluding hydrogens is 184 g/mol. The van der Waals surface area contributed by atoms with Gasteiger partial charge in [0.25, 0.3) is 0 Å². The molecular formula is C9H16N2OS. The second-order valence-electron chi connectivity index (χ2n) is 3.62. The molecule has 0 saturated carbocycles. The molecule has 74 valence electrons. The molecule has 4 heteroatoms. The quantitative estimate of drug-likeness (QED) is 0.661. The van der Waals surface area contributed by atoms with E-state index in [0.717, 1.165) is 38.2 Å². The first-order valence-electron chi connectivity index (χ1n) is 4.96. The van der Waals surface area contributed by atoms with E-state index in [1.165, 1.54) is 0 Å². The van der Waals surface area contributed by atoms with Gasteiger partial charge in [-0.3, -0.25) is 4.79 Å². The minimum atomic E-state index is 0.350. The largest absolute Gasteiger partial charge is 0.338 e. The van der Waals surface area contributed by atoms with Crippen LogP contribution >= 0.6 is 11.8 Å². The maximum absolute atomic E-state index is 11.6. The fourth-order valence-corrected chi connectivity index (χ4v) is 2.85. The van der Waals surface area contributed by atoms with Crippen LogP contribution in [0, 0.1) is 0 Å². The summed E-state index contributed by atoms with van der Waals surface area (Å²) in [7, 11) is 0. The zero-order chi connectivity index (χ0) is 9.10. The normalized spacial score (nSPS) is 26.5. The first-order chi connectivity index (χ1) is 6.38. The van der Waals surface area contributed by atoms with Gasteiger partial charge in [0.05, 0.1) is 5.75 Å². The molecule has 2 aliphatic rings. The molecule has 0 aromatic rings. The molecule has 2 aliphatic heterocycles. The van der Waals surface area contributed by atoms with E-state index < -0.39 is 0 Å². The molecule has 0 radical (unpaired) electrons. The van der Waals surface area contributed by atoms with Crippen molar-refractivity contribution in [3.63, 3.8) is 0 Å². The number of hydrogen-bond donors (Lipinski definition) is 1. The number of carbonyl (C=O) groups excluding carboxylic acids is 1. The minimum Gasteiger partial charge on any atom is -0.338 e. The Labute approximate surface area is 83.2 Å². The van der Waals surface area contributed by atoms with Crippen molar-refractivity contribution in [2.75, 3.05) is 31.1 Å². The summed E-state index contributed by atoms with van der Waals surface area (Å²) in [6.07, 6.45) is 2.27. The maximum Gasteiger partial charge on any atom is 0.232 e. The van der Waals surface area contributed by atoms with Crippen LogP contribution in [0.15, 0.2) is 0 Å². The van der Waals surface area contributed by atoms with Gasteiger partial charge < -0.3 is 10.2 Å². The highest BCUT2D eigenvalue weighted by Gasteiger charge is 2.26. The highest BCUT2D eigenvalue weighted by atomic mass is 32.2. The number of amides is 1. The van der Waals surface area contributed by atoms with Gasteiger partial charge in [0.15, 0.2) is 0 Å². The standard InChI is InChI=1S/C9H16N2OS/c12-9-7-13-6-5-11(9)8-1-3-10-4-2-8/h8,10H,1-7H2. The molecule has 0 unspecified atom stereocenters. The first kappa shape index (κ1) is 9.34. The Morgan fingerprint density at radius 1 is 1.38 bits per heavy atom. The highest BCUT2D eigenvalue weighted by Crippen LogP contribution is 2.18. The number of piperidine rings is 1. The lowest BCUT2D eigenvalue weighted by Crippen LogP contribution is -2.49. The van der Waals surface area contributed by atoms with Gasteiger partial charge >= 0.3 is 0 Å². The Kier molecular flexibility index (Phi) is 3.11. The molecule has 2 fully saturated rings. The van der Waals surface area contributed by atoms with E-state index in [2.05, 4.69) is 10.2 Å². The van der Waals surface area contributed by atoms with Crippen LogP contribution in [-0.2, 0) is 4.79 Å². The Balaban J connectivity index is 1.92. The molecule has 0 spiro atoms. The van der Waals surface area contributed by atoms with Gasteiger partial charge in [-0.25, -0.2) is 0 Å². The predicted molar refractivity (Wildman–Crippen MR) is 54.9 cm³/mol. The topological polar surface area (TPSA) is 32.3 Å². The number of hydrogen-bond acceptors (Lipinski definition) is 3. The van der Waals surface area contributed by atoms with Gasteiger partial charge in [-0.05, 0) is 25.9 Å². The van der Waals surface area contributed by atoms with Gasteiger partial charge in [-0.2, -0.15) is 11.8 Å². The summed E-state index contributed by atoms with van der Waals surface area (Å²) in [5, 5.41) is 3.33. The van der Waals surface area contributed by atoms with Crippen molar-refractivity contribution in [2.24, 2.45) is 0 Å². The summed E-state index contributed by atoms with van der Waals surface area (Å²) < 4.78 is 0. The van der Waals surface area contributed by atoms with Crippen LogP contribution in [0.2, 0.25) is 0 Å². The lowest BCUT2D eigenvalue weighted by molar-refractivity contribution is -0.131. The van der Waals surface area contributed by atoms with Gasteiger partial charge in [-0.15, -0.1) is 0 Å². The van der Waals surface area contributed by atoms with Crippen LogP contribution in [0.1, 0.15) is 12.8 Å². The van der Waals surface area contributed by atoms with E-state index >= 15 is 0 Å². The summed E-state index contributed by atoms with van der Waals surface area (Å²) in [5.74, 6) is 2.17. The molecule has 1 amide bonds. The molecule has 2 saturated heterocycles. The molecule has 0 aromatic heterocycles. The number of nitrogens with one attached hydrogen (secondary N) is 1. The summed E-state index contributed by atoms with van der Waals surface area (Å²) >= 11 is 1.76. The van der Waals surface area contributed by atoms with Crippen molar-refractivity contribution in [1.82, 2.24) is 10.2 Å². The SMILES string of the molecule is O=C1CSCCN1C1CCNCC1. The van der Waals surface area contributed by atoms with E-state index in [-0.39, 0.29) is 0 Å². The Morgan fingerprint density at radius 3 is 2.85 bits per heavy atom. The first-order valence-corrected chi connectivity index (χ1v) is 6.11. The van der Waals surface area contributed by atoms with Crippen LogP contribution in [-0.4, -0.2) is 48.0 Å². The molecule has 0 aliphatic carbocycles. The summed E-state index contributed by atoms with van der Waals surface area (Å²) in [6.45, 7) is 3.11. The fourth-order valence-electron chi connectivity index (χ4n) is 2.03. The van der Waals surface area contributed by atoms with Crippen molar-refractivity contribution < 1.29 is 4.79 Å². The van der Waals surface area contributed by atoms with Gasteiger partial charge in [0.1, 0.15) is 0 Å². The van der Waals surface area contributed by atoms with Crippen LogP contribution < -0.4 is 5.32 Å². The third-order valence-corrected chi connectivity index (χ3v) is 3.69. The molecule has 13 heavy (non-hydrogen) atoms. The molecule has 3 nitrogen and oxygen atoms in total. The zero-order valence-electron chi connectivity index (χ0n) is 7.79. The van der Waals surface area contributed by atoms with Gasteiger partial charge in [0.2, 0.25) is 5.91 Å². The lowest BCUT2D eigenvalue weighted by Gasteiger charge is -2.36. The summed E-state index contributed by atoms with van der Waals surface area (Å²) in [5.41, 5.74) is 0. The summed E-state index contributed by atoms with van der Waals surface area (Å²) in [4.78, 5) is 13.7. The van der Waals surface area contributed by atoms with E-state index in [1.807, 2.05) is 0 Å². The van der Waals surface area contributed by atoms with Gasteiger partial charge in [0, 0.05) is 18.3 Å². The van der Waals surface area contributed by atoms with E-state index in [4.69, 9.17) is 0 Å². The Bertz CT molecular complexity index is 192. The fraction of sp³-hybridized carbons (Fsp3) is 0.889. The average Bonchev–Trinajstić information content (AvgIpc) is 2.20. The highest BCUT2D eigenvalue weighted by molar-refractivity contribution is 8.00. The number of thioether (sulfide) groups is 1. The molecule has 0 aromatic carbocycles. The minimum absolute atomic E-state index is 0.350. The molecule has 0 bridgehead atoms. The number of rotatable bonds is 1. The molecule has 1 N–H and O–H groups in total. The average molecular weight is 200 g/mol. The van der Waals surface area contributed by atoms with E-state index in [0.29, 0.717) is 17.7 Å². The van der Waals surface area contributed by atoms with Crippen LogP contribution in [0.4, 0.5) is 0 Å². The van der Waals surface area contributed by atoms with Crippen molar-refractivity contribution >= 4 is 17.7 Å². The van der Waals surface area contributed by atoms with Crippen LogP contribution in [0.5, 0.6) is 0 Å². The molecule has 0 atom stereocenters. The Hall–Kier alpha value is -0.220. The van der Waals surface area contributed by atoms with Crippen molar-refractivity contribution in [3.05, 3.63) is 0 Å². The van der Waals surface area contributed by atoms with Crippen molar-refractivity contribution in [1.29, 1.82) is 0 Å². The van der Waals surface area contributed by atoms with Crippen LogP contribution in [0.25, 0.3) is 0 Å². The monoisotopic (exact) mass is 200 g/mol. The Morgan fingerprint density at radius 2 is 2.15 bits per heavy atom. The van der Waals surface area contributed by atoms with E-state index in [9.17, 15) is 4.79 Å². The summed E-state index contributed by atoms with van der Waals surface area (Å²) in [6, 6.07) is 0.523. The second kappa shape index (κ2) is 4.33. The molecule has 2 rings (SSSR count). The van der Waals surface area contributed by atoms with Crippen LogP contribution in [0.3, 0.4) is 0 Å². The van der Waals surface area contributed by atoms with Crippen molar-refractivity contribution in [3.8, 4) is 0 Å². The predicted octanol–water partition coefficient (Wildman–Crippen LogP) is 0.314. The zero-order valence-corrected chi connectivity index (χ0v) is 8.61. The van der Waals surface area contributed by atoms with Gasteiger partial charge in [-0.1, -0.05) is 0 Å².